The van der Waals surface area contributed by atoms with Crippen molar-refractivity contribution in [2.75, 3.05) is 11.9 Å². The van der Waals surface area contributed by atoms with Crippen LogP contribution in [0, 0.1) is 6.57 Å². The van der Waals surface area contributed by atoms with Crippen molar-refractivity contribution in [1.29, 1.82) is 0 Å². The number of benzene rings is 3. The van der Waals surface area contributed by atoms with E-state index in [1.54, 1.807) is 36.7 Å². The molecule has 1 aromatic heterocycles. The minimum Gasteiger partial charge on any atom is -0.490 e. The third kappa shape index (κ3) is 9.94. The molecule has 45 heavy (non-hydrogen) atoms. The van der Waals surface area contributed by atoms with E-state index < -0.39 is 34.4 Å². The average molecular weight is 643 g/mol. The molecule has 3 aromatic carbocycles. The number of anilines is 1. The minimum absolute atomic E-state index is 0.101. The number of hydrogen-bond acceptors (Lipinski definition) is 8. The molecule has 1 heterocycles. The lowest BCUT2D eigenvalue weighted by Gasteiger charge is -2.22. The van der Waals surface area contributed by atoms with Crippen molar-refractivity contribution in [3.8, 4) is 11.5 Å². The van der Waals surface area contributed by atoms with Crippen LogP contribution in [0.1, 0.15) is 32.4 Å². The second-order valence-electron chi connectivity index (χ2n) is 9.56. The standard InChI is InChI=1S/C29H28N4O5S.C2HF3O/c1-5-37-27-16-21(10-12-26(27)38-19(2)3)28(32-24-11-9-22-18-31-14-13-20(22)15-24)29(34)33-39(35,36)25-8-6-7-23(17-25)30-4;3-2(4,5)1-6/h6-19,28,32H,5H2,1-3H3,(H,33,34);1H. The summed E-state index contributed by atoms with van der Waals surface area (Å²) in [6, 6.07) is 16.8. The number of halogens is 3. The lowest BCUT2D eigenvalue weighted by Crippen LogP contribution is -2.37. The highest BCUT2D eigenvalue weighted by Gasteiger charge is 2.28. The number of carbonyl (C=O) groups excluding carboxylic acids is 2. The first kappa shape index (κ1) is 34.3. The maximum absolute atomic E-state index is 13.6. The van der Waals surface area contributed by atoms with Crippen molar-refractivity contribution in [3.63, 3.8) is 0 Å². The van der Waals surface area contributed by atoms with E-state index in [9.17, 15) is 26.4 Å². The number of nitrogens with one attached hydrogen (secondary N) is 2. The quantitative estimate of drug-likeness (QED) is 0.151. The van der Waals surface area contributed by atoms with Crippen LogP contribution in [0.25, 0.3) is 15.6 Å². The Morgan fingerprint density at radius 2 is 1.78 bits per heavy atom. The summed E-state index contributed by atoms with van der Waals surface area (Å²) in [7, 11) is -4.26. The number of amides is 1. The molecule has 2 N–H and O–H groups in total. The number of rotatable bonds is 10. The number of pyridine rings is 1. The molecule has 1 amide bonds. The van der Waals surface area contributed by atoms with Crippen LogP contribution in [0.5, 0.6) is 11.5 Å². The first-order valence-corrected chi connectivity index (χ1v) is 14.9. The van der Waals surface area contributed by atoms with E-state index in [-0.39, 0.29) is 16.7 Å². The smallest absolute Gasteiger partial charge is 0.446 e. The van der Waals surface area contributed by atoms with Crippen molar-refractivity contribution < 1.29 is 40.7 Å². The number of ether oxygens (including phenoxy) is 2. The van der Waals surface area contributed by atoms with Crippen LogP contribution in [-0.4, -0.2) is 44.5 Å². The van der Waals surface area contributed by atoms with Gasteiger partial charge < -0.3 is 14.8 Å². The van der Waals surface area contributed by atoms with Crippen LogP contribution < -0.4 is 19.5 Å². The van der Waals surface area contributed by atoms with E-state index in [0.717, 1.165) is 10.8 Å². The van der Waals surface area contributed by atoms with Gasteiger partial charge in [-0.15, -0.1) is 0 Å². The normalized spacial score (nSPS) is 11.9. The van der Waals surface area contributed by atoms with Crippen molar-refractivity contribution >= 4 is 44.4 Å². The van der Waals surface area contributed by atoms with Gasteiger partial charge in [-0.2, -0.15) is 13.2 Å². The average Bonchev–Trinajstić information content (AvgIpc) is 3.00. The molecule has 0 bridgehead atoms. The van der Waals surface area contributed by atoms with Crippen LogP contribution in [0.4, 0.5) is 24.5 Å². The highest BCUT2D eigenvalue weighted by Crippen LogP contribution is 2.33. The summed E-state index contributed by atoms with van der Waals surface area (Å²) in [6.45, 7) is 13.2. The third-order valence-corrected chi connectivity index (χ3v) is 7.15. The molecule has 1 unspecified atom stereocenters. The molecule has 0 aliphatic carbocycles. The van der Waals surface area contributed by atoms with Crippen molar-refractivity contribution in [1.82, 2.24) is 9.71 Å². The van der Waals surface area contributed by atoms with E-state index in [1.165, 1.54) is 24.3 Å². The van der Waals surface area contributed by atoms with Gasteiger partial charge in [-0.3, -0.25) is 14.6 Å². The molecular weight excluding hydrogens is 613 g/mol. The summed E-state index contributed by atoms with van der Waals surface area (Å²) >= 11 is 0. The molecule has 4 rings (SSSR count). The molecule has 1 atom stereocenters. The highest BCUT2D eigenvalue weighted by atomic mass is 32.2. The fourth-order valence-corrected chi connectivity index (χ4v) is 4.97. The number of alkyl halides is 3. The minimum atomic E-state index is -4.64. The zero-order valence-electron chi connectivity index (χ0n) is 24.3. The maximum Gasteiger partial charge on any atom is 0.446 e. The van der Waals surface area contributed by atoms with Crippen LogP contribution in [0.2, 0.25) is 0 Å². The maximum atomic E-state index is 13.6. The van der Waals surface area contributed by atoms with Gasteiger partial charge in [0.25, 0.3) is 15.9 Å². The number of aromatic nitrogens is 1. The zero-order chi connectivity index (χ0) is 33.2. The fourth-order valence-electron chi connectivity index (χ4n) is 3.93. The van der Waals surface area contributed by atoms with Gasteiger partial charge in [0.1, 0.15) is 6.04 Å². The Morgan fingerprint density at radius 1 is 1.04 bits per heavy atom. The Kier molecular flexibility index (Phi) is 11.5. The van der Waals surface area contributed by atoms with Gasteiger partial charge in [-0.1, -0.05) is 24.3 Å². The molecule has 0 aliphatic heterocycles. The van der Waals surface area contributed by atoms with Gasteiger partial charge in [-0.25, -0.2) is 18.0 Å². The second-order valence-corrected chi connectivity index (χ2v) is 11.2. The number of aldehydes is 1. The molecule has 0 saturated heterocycles. The third-order valence-electron chi connectivity index (χ3n) is 5.80. The predicted octanol–water partition coefficient (Wildman–Crippen LogP) is 6.38. The Bertz CT molecular complexity index is 1810. The molecule has 14 heteroatoms. The molecule has 10 nitrogen and oxygen atoms in total. The van der Waals surface area contributed by atoms with E-state index in [2.05, 4.69) is 19.9 Å². The number of nitrogens with zero attached hydrogens (tertiary/aromatic N) is 2. The fraction of sp³-hybridized carbons (Fsp3) is 0.226. The largest absolute Gasteiger partial charge is 0.490 e. The number of fused-ring (bicyclic) bond motifs is 1. The summed E-state index contributed by atoms with van der Waals surface area (Å²) < 4.78 is 71.2. The summed E-state index contributed by atoms with van der Waals surface area (Å²) in [5.74, 6) is 0.134. The van der Waals surface area contributed by atoms with Crippen LogP contribution >= 0.6 is 0 Å². The van der Waals surface area contributed by atoms with Gasteiger partial charge in [0.2, 0.25) is 6.29 Å². The van der Waals surface area contributed by atoms with Crippen molar-refractivity contribution in [2.24, 2.45) is 0 Å². The van der Waals surface area contributed by atoms with Gasteiger partial charge in [0.05, 0.1) is 24.2 Å². The Balaban J connectivity index is 0.000000838. The Labute approximate surface area is 258 Å². The van der Waals surface area contributed by atoms with E-state index in [0.29, 0.717) is 29.4 Å². The topological polar surface area (TPSA) is 128 Å². The number of hydrogen-bond donors (Lipinski definition) is 2. The molecule has 0 saturated carbocycles. The molecule has 0 fully saturated rings. The molecule has 0 radical (unpaired) electrons. The molecule has 236 valence electrons. The van der Waals surface area contributed by atoms with E-state index in [4.69, 9.17) is 20.8 Å². The number of sulfonamides is 1. The highest BCUT2D eigenvalue weighted by molar-refractivity contribution is 7.90. The lowest BCUT2D eigenvalue weighted by atomic mass is 10.0. The first-order valence-electron chi connectivity index (χ1n) is 13.4. The van der Waals surface area contributed by atoms with Crippen molar-refractivity contribution in [3.05, 3.63) is 96.1 Å². The van der Waals surface area contributed by atoms with Gasteiger partial charge in [0.15, 0.2) is 17.2 Å². The first-order chi connectivity index (χ1) is 21.3. The molecule has 0 spiro atoms. The SMILES string of the molecule is O=CC(F)(F)F.[C-]#[N+]c1cccc(S(=O)(=O)NC(=O)C(Nc2ccc3cnccc3c2)c2ccc(OC(C)C)c(OCC)c2)c1. The molecule has 4 aromatic rings. The summed E-state index contributed by atoms with van der Waals surface area (Å²) in [4.78, 5) is 29.5. The van der Waals surface area contributed by atoms with Crippen molar-refractivity contribution in [2.45, 2.75) is 44.0 Å². The van der Waals surface area contributed by atoms with E-state index in [1.807, 2.05) is 39.0 Å². The summed E-state index contributed by atoms with van der Waals surface area (Å²) in [5.41, 5.74) is 1.21. The predicted molar refractivity (Wildman–Crippen MR) is 162 cm³/mol. The van der Waals surface area contributed by atoms with E-state index >= 15 is 0 Å². The summed E-state index contributed by atoms with van der Waals surface area (Å²) in [6.07, 6.45) is -2.40. The molecule has 0 aliphatic rings. The van der Waals surface area contributed by atoms with Crippen LogP contribution in [0.3, 0.4) is 0 Å². The summed E-state index contributed by atoms with van der Waals surface area (Å²) in [5, 5.41) is 4.99. The molecular formula is C31H29F3N4O6S. The van der Waals surface area contributed by atoms with Gasteiger partial charge >= 0.3 is 6.18 Å². The van der Waals surface area contributed by atoms with Crippen LogP contribution in [-0.2, 0) is 19.6 Å². The lowest BCUT2D eigenvalue weighted by molar-refractivity contribution is -0.156. The second kappa shape index (κ2) is 15.0. The van der Waals surface area contributed by atoms with Gasteiger partial charge in [-0.05, 0) is 74.2 Å². The number of carbonyl (C=O) groups is 2. The van der Waals surface area contributed by atoms with Gasteiger partial charge in [0, 0.05) is 23.5 Å². The Morgan fingerprint density at radius 3 is 2.42 bits per heavy atom. The monoisotopic (exact) mass is 642 g/mol. The Hall–Kier alpha value is -5.16. The zero-order valence-corrected chi connectivity index (χ0v) is 25.1. The van der Waals surface area contributed by atoms with Crippen LogP contribution in [0.15, 0.2) is 84.0 Å².